The number of carboxylic acid groups (broad SMARTS) is 1. The molecular weight excluding hydrogens is 349 g/mol. The van der Waals surface area contributed by atoms with Gasteiger partial charge in [0.25, 0.3) is 0 Å². The number of benzene rings is 1. The first-order valence-electron chi connectivity index (χ1n) is 6.31. The van der Waals surface area contributed by atoms with E-state index in [-0.39, 0.29) is 29.3 Å². The molecule has 114 valence electrons. The Labute approximate surface area is 129 Å². The number of alkyl halides is 2. The highest BCUT2D eigenvalue weighted by atomic mass is 79.9. The Morgan fingerprint density at radius 2 is 2.10 bits per heavy atom. The Balaban J connectivity index is 2.70. The van der Waals surface area contributed by atoms with E-state index in [1.165, 1.54) is 24.1 Å². The molecule has 0 heterocycles. The maximum absolute atomic E-state index is 13.9. The van der Waals surface area contributed by atoms with E-state index in [1.54, 1.807) is 0 Å². The van der Waals surface area contributed by atoms with Crippen LogP contribution in [0.4, 0.5) is 13.2 Å². The van der Waals surface area contributed by atoms with Crippen molar-refractivity contribution in [1.29, 1.82) is 0 Å². The molecule has 0 amide bonds. The molecule has 0 aliphatic rings. The van der Waals surface area contributed by atoms with E-state index in [4.69, 9.17) is 0 Å². The lowest BCUT2D eigenvalue weighted by atomic mass is 9.92. The fraction of sp³-hybridized carbons (Fsp3) is 0.400. The monoisotopic (exact) mass is 362 g/mol. The largest absolute Gasteiger partial charge is 0.481 e. The van der Waals surface area contributed by atoms with E-state index in [0.29, 0.717) is 0 Å². The predicted molar refractivity (Wildman–Crippen MR) is 76.7 cm³/mol. The molecule has 0 saturated heterocycles. The summed E-state index contributed by atoms with van der Waals surface area (Å²) < 4.78 is 39.8. The van der Waals surface area contributed by atoms with Crippen molar-refractivity contribution in [2.75, 3.05) is 0 Å². The average molecular weight is 363 g/mol. The van der Waals surface area contributed by atoms with Gasteiger partial charge in [-0.25, -0.2) is 4.39 Å². The van der Waals surface area contributed by atoms with Crippen molar-refractivity contribution in [3.05, 3.63) is 34.1 Å². The van der Waals surface area contributed by atoms with Crippen molar-refractivity contribution in [3.63, 3.8) is 0 Å². The molecule has 6 heteroatoms. The van der Waals surface area contributed by atoms with Crippen LogP contribution in [-0.2, 0) is 4.79 Å². The molecule has 0 saturated carbocycles. The van der Waals surface area contributed by atoms with E-state index in [1.807, 2.05) is 0 Å². The summed E-state index contributed by atoms with van der Waals surface area (Å²) in [6.45, 7) is 0. The van der Waals surface area contributed by atoms with E-state index in [0.717, 1.165) is 0 Å². The fourth-order valence-electron chi connectivity index (χ4n) is 1.97. The minimum absolute atomic E-state index is 0.0422. The van der Waals surface area contributed by atoms with Gasteiger partial charge in [-0.1, -0.05) is 18.6 Å². The number of carbonyl (C=O) groups is 1. The van der Waals surface area contributed by atoms with Crippen molar-refractivity contribution in [1.82, 2.24) is 0 Å². The van der Waals surface area contributed by atoms with Gasteiger partial charge in [0.1, 0.15) is 5.82 Å². The normalized spacial score (nSPS) is 12.7. The zero-order valence-electron chi connectivity index (χ0n) is 11.1. The van der Waals surface area contributed by atoms with Gasteiger partial charge in [-0.3, -0.25) is 4.79 Å². The molecule has 1 aromatic carbocycles. The number of aliphatic carboxylic acids is 1. The van der Waals surface area contributed by atoms with E-state index in [2.05, 4.69) is 22.4 Å². The van der Waals surface area contributed by atoms with Gasteiger partial charge in [-0.05, 0) is 40.8 Å². The fourth-order valence-corrected chi connectivity index (χ4v) is 2.35. The van der Waals surface area contributed by atoms with Crippen LogP contribution in [0.3, 0.4) is 0 Å². The Bertz CT molecular complexity index is 552. The van der Waals surface area contributed by atoms with Crippen LogP contribution in [0.5, 0.6) is 0 Å². The van der Waals surface area contributed by atoms with Crippen LogP contribution in [-0.4, -0.2) is 17.0 Å². The van der Waals surface area contributed by atoms with E-state index >= 15 is 0 Å². The quantitative estimate of drug-likeness (QED) is 0.569. The van der Waals surface area contributed by atoms with Crippen LogP contribution in [0.2, 0.25) is 0 Å². The topological polar surface area (TPSA) is 37.3 Å². The smallest absolute Gasteiger partial charge is 0.311 e. The number of carboxylic acids is 1. The SMILES string of the molecule is C#CC(F)(F)CCCCC(C(=O)O)c1cccc(Br)c1F. The number of rotatable bonds is 7. The molecule has 1 aromatic rings. The molecule has 0 radical (unpaired) electrons. The standard InChI is InChI=1S/C15H14BrF3O2/c1-2-15(18,19)9-4-3-6-11(14(20)21)10-7-5-8-12(16)13(10)17/h1,5,7-8,11H,3-4,6,9H2,(H,20,21). The Morgan fingerprint density at radius 3 is 2.67 bits per heavy atom. The number of terminal acetylenes is 1. The first kappa shape index (κ1) is 17.6. The van der Waals surface area contributed by atoms with Crippen LogP contribution < -0.4 is 0 Å². The van der Waals surface area contributed by atoms with E-state index in [9.17, 15) is 23.1 Å². The Kier molecular flexibility index (Phi) is 6.28. The third-order valence-corrected chi connectivity index (χ3v) is 3.71. The van der Waals surface area contributed by atoms with Crippen LogP contribution in [0.25, 0.3) is 0 Å². The number of unbranched alkanes of at least 4 members (excludes halogenated alkanes) is 1. The predicted octanol–water partition coefficient (Wildman–Crippen LogP) is 4.59. The van der Waals surface area contributed by atoms with Gasteiger partial charge in [0.2, 0.25) is 0 Å². The van der Waals surface area contributed by atoms with Crippen molar-refractivity contribution >= 4 is 21.9 Å². The molecule has 1 N–H and O–H groups in total. The summed E-state index contributed by atoms with van der Waals surface area (Å²) in [6, 6.07) is 4.38. The molecule has 0 aromatic heterocycles. The zero-order chi connectivity index (χ0) is 16.0. The molecule has 0 aliphatic carbocycles. The third-order valence-electron chi connectivity index (χ3n) is 3.10. The summed E-state index contributed by atoms with van der Waals surface area (Å²) in [4.78, 5) is 11.2. The molecule has 21 heavy (non-hydrogen) atoms. The molecule has 0 bridgehead atoms. The van der Waals surface area contributed by atoms with Gasteiger partial charge in [0.15, 0.2) is 0 Å². The summed E-state index contributed by atoms with van der Waals surface area (Å²) >= 11 is 2.99. The molecule has 1 unspecified atom stereocenters. The lowest BCUT2D eigenvalue weighted by Gasteiger charge is -2.15. The number of halogens is 4. The Hall–Kier alpha value is -1.48. The van der Waals surface area contributed by atoms with Crippen LogP contribution in [0.15, 0.2) is 22.7 Å². The molecule has 1 atom stereocenters. The van der Waals surface area contributed by atoms with Crippen LogP contribution in [0.1, 0.15) is 37.2 Å². The molecule has 0 fully saturated rings. The summed E-state index contributed by atoms with van der Waals surface area (Å²) in [7, 11) is 0. The highest BCUT2D eigenvalue weighted by Crippen LogP contribution is 2.30. The number of hydrogen-bond acceptors (Lipinski definition) is 1. The average Bonchev–Trinajstić information content (AvgIpc) is 2.42. The first-order valence-corrected chi connectivity index (χ1v) is 7.10. The van der Waals surface area contributed by atoms with Gasteiger partial charge in [-0.2, -0.15) is 8.78 Å². The van der Waals surface area contributed by atoms with Crippen LogP contribution >= 0.6 is 15.9 Å². The highest BCUT2D eigenvalue weighted by Gasteiger charge is 2.26. The number of hydrogen-bond donors (Lipinski definition) is 1. The minimum Gasteiger partial charge on any atom is -0.481 e. The van der Waals surface area contributed by atoms with Gasteiger partial charge in [0.05, 0.1) is 10.4 Å². The lowest BCUT2D eigenvalue weighted by molar-refractivity contribution is -0.139. The second-order valence-electron chi connectivity index (χ2n) is 4.63. The zero-order valence-corrected chi connectivity index (χ0v) is 12.7. The maximum Gasteiger partial charge on any atom is 0.311 e. The first-order chi connectivity index (χ1) is 9.78. The van der Waals surface area contributed by atoms with Gasteiger partial charge in [0, 0.05) is 12.0 Å². The summed E-state index contributed by atoms with van der Waals surface area (Å²) in [5.41, 5.74) is 0.0422. The van der Waals surface area contributed by atoms with Crippen molar-refractivity contribution in [2.24, 2.45) is 0 Å². The molecule has 1 rings (SSSR count). The summed E-state index contributed by atoms with van der Waals surface area (Å²) in [6.07, 6.45) is 4.55. The molecule has 2 nitrogen and oxygen atoms in total. The van der Waals surface area contributed by atoms with Gasteiger partial charge in [-0.15, -0.1) is 6.42 Å². The van der Waals surface area contributed by atoms with Crippen molar-refractivity contribution < 1.29 is 23.1 Å². The van der Waals surface area contributed by atoms with Gasteiger partial charge >= 0.3 is 11.9 Å². The highest BCUT2D eigenvalue weighted by molar-refractivity contribution is 9.10. The third kappa shape index (κ3) is 5.09. The van der Waals surface area contributed by atoms with Crippen molar-refractivity contribution in [2.45, 2.75) is 37.5 Å². The molecule has 0 aliphatic heterocycles. The van der Waals surface area contributed by atoms with Gasteiger partial charge < -0.3 is 5.11 Å². The molecular formula is C15H14BrF3O2. The van der Waals surface area contributed by atoms with Crippen LogP contribution in [0, 0.1) is 18.2 Å². The second-order valence-corrected chi connectivity index (χ2v) is 5.48. The van der Waals surface area contributed by atoms with E-state index < -0.39 is 30.0 Å². The summed E-state index contributed by atoms with van der Waals surface area (Å²) in [5, 5.41) is 9.18. The van der Waals surface area contributed by atoms with Crippen molar-refractivity contribution in [3.8, 4) is 12.3 Å². The summed E-state index contributed by atoms with van der Waals surface area (Å²) in [5.74, 6) is -4.69. The maximum atomic E-state index is 13.9. The Morgan fingerprint density at radius 1 is 1.43 bits per heavy atom. The second kappa shape index (κ2) is 7.51. The lowest BCUT2D eigenvalue weighted by Crippen LogP contribution is -2.15. The molecule has 0 spiro atoms. The minimum atomic E-state index is -3.18.